The van der Waals surface area contributed by atoms with E-state index in [-0.39, 0.29) is 5.96 Å². The number of hydrogen-bond acceptors (Lipinski definition) is 2. The van der Waals surface area contributed by atoms with Gasteiger partial charge in [0.2, 0.25) is 0 Å². The molecule has 5 heteroatoms. The Bertz CT molecular complexity index is 440. The monoisotopic (exact) mass is 269 g/mol. The fraction of sp³-hybridized carbons (Fsp3) is 0.462. The first-order valence-corrected chi connectivity index (χ1v) is 6.28. The van der Waals surface area contributed by atoms with Crippen LogP contribution in [-0.4, -0.2) is 19.1 Å². The summed E-state index contributed by atoms with van der Waals surface area (Å²) in [5.74, 6) is 1.27. The van der Waals surface area contributed by atoms with Crippen molar-refractivity contribution in [2.45, 2.75) is 26.7 Å². The molecule has 100 valence electrons. The smallest absolute Gasteiger partial charge is 0.186 e. The number of aryl methyl sites for hydroxylation is 1. The molecule has 1 aromatic carbocycles. The summed E-state index contributed by atoms with van der Waals surface area (Å²) in [7, 11) is 0. The summed E-state index contributed by atoms with van der Waals surface area (Å²) in [5.41, 5.74) is 12.6. The molecule has 0 aliphatic heterocycles. The normalized spacial score (nSPS) is 10.5. The molecule has 0 aliphatic carbocycles. The third-order valence-corrected chi connectivity index (χ3v) is 2.96. The SMILES string of the molecule is Cc1cc(OCCN=C(N)N)c(C(C)C)cc1Cl. The van der Waals surface area contributed by atoms with Crippen molar-refractivity contribution in [3.63, 3.8) is 0 Å². The predicted molar refractivity (Wildman–Crippen MR) is 76.4 cm³/mol. The number of benzene rings is 1. The van der Waals surface area contributed by atoms with E-state index < -0.39 is 0 Å². The lowest BCUT2D eigenvalue weighted by Gasteiger charge is -2.15. The van der Waals surface area contributed by atoms with Gasteiger partial charge >= 0.3 is 0 Å². The van der Waals surface area contributed by atoms with E-state index in [4.69, 9.17) is 27.8 Å². The molecule has 4 nitrogen and oxygen atoms in total. The third kappa shape index (κ3) is 4.11. The van der Waals surface area contributed by atoms with E-state index in [0.717, 1.165) is 21.9 Å². The summed E-state index contributed by atoms with van der Waals surface area (Å²) in [5, 5.41) is 0.760. The maximum atomic E-state index is 6.12. The highest BCUT2D eigenvalue weighted by Gasteiger charge is 2.10. The molecule has 18 heavy (non-hydrogen) atoms. The van der Waals surface area contributed by atoms with Crippen LogP contribution >= 0.6 is 11.6 Å². The first-order chi connectivity index (χ1) is 8.41. The molecule has 0 heterocycles. The molecule has 0 fully saturated rings. The van der Waals surface area contributed by atoms with E-state index in [1.165, 1.54) is 0 Å². The zero-order chi connectivity index (χ0) is 13.7. The van der Waals surface area contributed by atoms with Gasteiger partial charge in [-0.3, -0.25) is 4.99 Å². The van der Waals surface area contributed by atoms with Gasteiger partial charge in [0.1, 0.15) is 12.4 Å². The molecule has 0 saturated heterocycles. The summed E-state index contributed by atoms with van der Waals surface area (Å²) < 4.78 is 5.71. The maximum Gasteiger partial charge on any atom is 0.186 e. The number of guanidine groups is 1. The Hall–Kier alpha value is -1.42. The molecule has 0 atom stereocenters. The van der Waals surface area contributed by atoms with E-state index in [2.05, 4.69) is 18.8 Å². The second-order valence-electron chi connectivity index (χ2n) is 4.45. The van der Waals surface area contributed by atoms with Crippen LogP contribution in [0, 0.1) is 6.92 Å². The highest BCUT2D eigenvalue weighted by molar-refractivity contribution is 6.31. The fourth-order valence-electron chi connectivity index (χ4n) is 1.58. The van der Waals surface area contributed by atoms with Crippen molar-refractivity contribution in [3.05, 3.63) is 28.3 Å². The molecule has 0 unspecified atom stereocenters. The molecule has 0 aliphatic rings. The number of rotatable bonds is 5. The van der Waals surface area contributed by atoms with Gasteiger partial charge in [-0.2, -0.15) is 0 Å². The Morgan fingerprint density at radius 1 is 1.39 bits per heavy atom. The summed E-state index contributed by atoms with van der Waals surface area (Å²) in [4.78, 5) is 3.88. The maximum absolute atomic E-state index is 6.12. The van der Waals surface area contributed by atoms with Gasteiger partial charge in [0.15, 0.2) is 5.96 Å². The van der Waals surface area contributed by atoms with Crippen LogP contribution < -0.4 is 16.2 Å². The standard InChI is InChI=1S/C13H20ClN3O/c1-8(2)10-7-11(14)9(3)6-12(10)18-5-4-17-13(15)16/h6-8H,4-5H2,1-3H3,(H4,15,16,17). The molecule has 0 bridgehead atoms. The van der Waals surface area contributed by atoms with Crippen LogP contribution in [0.4, 0.5) is 0 Å². The second-order valence-corrected chi connectivity index (χ2v) is 4.86. The van der Waals surface area contributed by atoms with Crippen LogP contribution in [0.5, 0.6) is 5.75 Å². The van der Waals surface area contributed by atoms with Crippen molar-refractivity contribution in [2.75, 3.05) is 13.2 Å². The van der Waals surface area contributed by atoms with Crippen LogP contribution in [-0.2, 0) is 0 Å². The summed E-state index contributed by atoms with van der Waals surface area (Å²) in [6.07, 6.45) is 0. The Morgan fingerprint density at radius 2 is 2.06 bits per heavy atom. The summed E-state index contributed by atoms with van der Waals surface area (Å²) >= 11 is 6.12. The predicted octanol–water partition coefficient (Wildman–Crippen LogP) is 2.42. The van der Waals surface area contributed by atoms with Crippen molar-refractivity contribution in [1.29, 1.82) is 0 Å². The highest BCUT2D eigenvalue weighted by Crippen LogP contribution is 2.31. The Morgan fingerprint density at radius 3 is 2.61 bits per heavy atom. The highest BCUT2D eigenvalue weighted by atomic mass is 35.5. The third-order valence-electron chi connectivity index (χ3n) is 2.56. The van der Waals surface area contributed by atoms with Crippen LogP contribution in [0.15, 0.2) is 17.1 Å². The number of halogens is 1. The van der Waals surface area contributed by atoms with E-state index in [1.54, 1.807) is 0 Å². The van der Waals surface area contributed by atoms with Gasteiger partial charge in [-0.25, -0.2) is 0 Å². The van der Waals surface area contributed by atoms with Crippen LogP contribution in [0.3, 0.4) is 0 Å². The van der Waals surface area contributed by atoms with Crippen molar-refractivity contribution in [1.82, 2.24) is 0 Å². The molecule has 4 N–H and O–H groups in total. The van der Waals surface area contributed by atoms with E-state index in [9.17, 15) is 0 Å². The number of aliphatic imine (C=N–C) groups is 1. The lowest BCUT2D eigenvalue weighted by Crippen LogP contribution is -2.23. The quantitative estimate of drug-likeness (QED) is 0.490. The first kappa shape index (κ1) is 14.6. The zero-order valence-electron chi connectivity index (χ0n) is 11.0. The second kappa shape index (κ2) is 6.50. The number of nitrogens with zero attached hydrogens (tertiary/aromatic N) is 1. The number of nitrogens with two attached hydrogens (primary N) is 2. The average Bonchev–Trinajstić information content (AvgIpc) is 2.28. The molecule has 1 aromatic rings. The Kier molecular flexibility index (Phi) is 5.28. The first-order valence-electron chi connectivity index (χ1n) is 5.90. The van der Waals surface area contributed by atoms with Crippen LogP contribution in [0.25, 0.3) is 0 Å². The van der Waals surface area contributed by atoms with Crippen LogP contribution in [0.1, 0.15) is 30.9 Å². The lowest BCUT2D eigenvalue weighted by molar-refractivity contribution is 0.324. The van der Waals surface area contributed by atoms with E-state index in [0.29, 0.717) is 19.1 Å². The topological polar surface area (TPSA) is 73.6 Å². The zero-order valence-corrected chi connectivity index (χ0v) is 11.8. The van der Waals surface area contributed by atoms with Gasteiger partial charge in [-0.05, 0) is 36.1 Å². The fourth-order valence-corrected chi connectivity index (χ4v) is 1.75. The van der Waals surface area contributed by atoms with Crippen molar-refractivity contribution < 1.29 is 4.74 Å². The van der Waals surface area contributed by atoms with Gasteiger partial charge in [-0.15, -0.1) is 0 Å². The number of hydrogen-bond donors (Lipinski definition) is 2. The minimum Gasteiger partial charge on any atom is -0.491 e. The molecule has 1 rings (SSSR count). The largest absolute Gasteiger partial charge is 0.491 e. The average molecular weight is 270 g/mol. The molecule has 0 saturated carbocycles. The molecular weight excluding hydrogens is 250 g/mol. The lowest BCUT2D eigenvalue weighted by atomic mass is 10.0. The van der Waals surface area contributed by atoms with Gasteiger partial charge in [0.05, 0.1) is 6.54 Å². The van der Waals surface area contributed by atoms with Gasteiger partial charge in [0.25, 0.3) is 0 Å². The molecule has 0 aromatic heterocycles. The van der Waals surface area contributed by atoms with Crippen molar-refractivity contribution in [2.24, 2.45) is 16.5 Å². The molecular formula is C13H20ClN3O. The van der Waals surface area contributed by atoms with Gasteiger partial charge in [0, 0.05) is 5.02 Å². The molecule has 0 amide bonds. The molecule has 0 radical (unpaired) electrons. The molecule has 0 spiro atoms. The summed E-state index contributed by atoms with van der Waals surface area (Å²) in [6, 6.07) is 3.91. The van der Waals surface area contributed by atoms with Gasteiger partial charge < -0.3 is 16.2 Å². The number of ether oxygens (including phenoxy) is 1. The van der Waals surface area contributed by atoms with Crippen molar-refractivity contribution in [3.8, 4) is 5.75 Å². The van der Waals surface area contributed by atoms with Crippen molar-refractivity contribution >= 4 is 17.6 Å². The van der Waals surface area contributed by atoms with Crippen LogP contribution in [0.2, 0.25) is 5.02 Å². The van der Waals surface area contributed by atoms with E-state index >= 15 is 0 Å². The minimum atomic E-state index is 0.0787. The van der Waals surface area contributed by atoms with Gasteiger partial charge in [-0.1, -0.05) is 25.4 Å². The minimum absolute atomic E-state index is 0.0787. The Labute approximate surface area is 113 Å². The summed E-state index contributed by atoms with van der Waals surface area (Å²) in [6.45, 7) is 7.04. The Balaban J connectivity index is 2.80. The van der Waals surface area contributed by atoms with E-state index in [1.807, 2.05) is 19.1 Å².